The highest BCUT2D eigenvalue weighted by atomic mass is 19.1. The van der Waals surface area contributed by atoms with E-state index in [-0.39, 0.29) is 36.0 Å². The van der Waals surface area contributed by atoms with Crippen LogP contribution in [0.15, 0.2) is 60.7 Å². The molecule has 2 amide bonds. The number of aromatic amines is 1. The van der Waals surface area contributed by atoms with Crippen LogP contribution in [0.2, 0.25) is 0 Å². The van der Waals surface area contributed by atoms with E-state index in [0.717, 1.165) is 28.1 Å². The van der Waals surface area contributed by atoms with Crippen LogP contribution in [0.4, 0.5) is 4.39 Å². The van der Waals surface area contributed by atoms with E-state index < -0.39 is 12.1 Å². The van der Waals surface area contributed by atoms with Crippen molar-refractivity contribution in [2.24, 2.45) is 5.92 Å². The normalized spacial score (nSPS) is 24.6. The molecular formula is C25H24FN3O3. The van der Waals surface area contributed by atoms with E-state index >= 15 is 0 Å². The summed E-state index contributed by atoms with van der Waals surface area (Å²) in [5, 5.41) is 15.1. The van der Waals surface area contributed by atoms with E-state index in [0.29, 0.717) is 12.8 Å². The second kappa shape index (κ2) is 8.24. The third-order valence-electron chi connectivity index (χ3n) is 6.46. The maximum atomic E-state index is 13.5. The Labute approximate surface area is 184 Å². The topological polar surface area (TPSA) is 94.2 Å². The van der Waals surface area contributed by atoms with Crippen molar-refractivity contribution in [1.82, 2.24) is 15.6 Å². The van der Waals surface area contributed by atoms with Gasteiger partial charge in [0.05, 0.1) is 0 Å². The van der Waals surface area contributed by atoms with Crippen molar-refractivity contribution in [2.75, 3.05) is 6.54 Å². The van der Waals surface area contributed by atoms with E-state index in [4.69, 9.17) is 0 Å². The third-order valence-corrected chi connectivity index (χ3v) is 6.46. The molecule has 4 N–H and O–H groups in total. The van der Waals surface area contributed by atoms with Gasteiger partial charge in [0.2, 0.25) is 11.8 Å². The number of aliphatic hydroxyl groups is 1. The van der Waals surface area contributed by atoms with Crippen molar-refractivity contribution in [3.05, 3.63) is 72.0 Å². The number of amides is 2. The standard InChI is InChI=1S/C25H24FN3O3/c26-18-8-6-15(7-9-18)22-19(12-20(28-22)14-4-2-1-3-5-14)16-10-17(11-16)24(31)29-23-21(30)13-27-25(23)32/h1-9,12,16-17,21,23,28,30H,10-11,13H2,(H,27,32)(H,29,31)/t16?,17?,21?,23-/m1/s1. The summed E-state index contributed by atoms with van der Waals surface area (Å²) in [5.74, 6) is -0.884. The minimum Gasteiger partial charge on any atom is -0.389 e. The van der Waals surface area contributed by atoms with Crippen LogP contribution in [0, 0.1) is 11.7 Å². The number of carbonyl (C=O) groups is 2. The Morgan fingerprint density at radius 3 is 2.41 bits per heavy atom. The quantitative estimate of drug-likeness (QED) is 0.498. The average molecular weight is 433 g/mol. The largest absolute Gasteiger partial charge is 0.389 e. The van der Waals surface area contributed by atoms with Crippen LogP contribution < -0.4 is 10.6 Å². The van der Waals surface area contributed by atoms with Crippen molar-refractivity contribution in [3.63, 3.8) is 0 Å². The van der Waals surface area contributed by atoms with Crippen molar-refractivity contribution in [3.8, 4) is 22.5 Å². The van der Waals surface area contributed by atoms with Gasteiger partial charge in [-0.15, -0.1) is 0 Å². The molecule has 164 valence electrons. The molecule has 0 spiro atoms. The Morgan fingerprint density at radius 2 is 1.75 bits per heavy atom. The molecule has 1 saturated heterocycles. The zero-order valence-corrected chi connectivity index (χ0v) is 17.3. The van der Waals surface area contributed by atoms with Crippen LogP contribution in [-0.2, 0) is 9.59 Å². The van der Waals surface area contributed by atoms with E-state index in [1.807, 2.05) is 30.3 Å². The molecule has 3 aromatic rings. The van der Waals surface area contributed by atoms with Crippen LogP contribution >= 0.6 is 0 Å². The predicted octanol–water partition coefficient (Wildman–Crippen LogP) is 2.96. The Bertz CT molecular complexity index is 1140. The molecule has 1 aliphatic heterocycles. The van der Waals surface area contributed by atoms with E-state index in [1.54, 1.807) is 12.1 Å². The number of hydrogen-bond acceptors (Lipinski definition) is 3. The van der Waals surface area contributed by atoms with Crippen molar-refractivity contribution < 1.29 is 19.1 Å². The molecule has 1 aromatic heterocycles. The first kappa shape index (κ1) is 20.5. The number of carbonyl (C=O) groups excluding carboxylic acids is 2. The number of β-amino-alcohol motifs (C(OH)–C–C–N with tert-alkyl or cyclic N) is 1. The molecule has 2 aromatic carbocycles. The van der Waals surface area contributed by atoms with Crippen LogP contribution in [0.25, 0.3) is 22.5 Å². The monoisotopic (exact) mass is 433 g/mol. The second-order valence-corrected chi connectivity index (χ2v) is 8.55. The highest BCUT2D eigenvalue weighted by Crippen LogP contribution is 2.46. The highest BCUT2D eigenvalue weighted by Gasteiger charge is 2.41. The highest BCUT2D eigenvalue weighted by molar-refractivity contribution is 5.91. The van der Waals surface area contributed by atoms with Crippen molar-refractivity contribution in [2.45, 2.75) is 30.9 Å². The molecule has 2 atom stereocenters. The molecule has 1 saturated carbocycles. The van der Waals surface area contributed by atoms with Gasteiger partial charge in [0.1, 0.15) is 18.0 Å². The van der Waals surface area contributed by atoms with Crippen LogP contribution in [-0.4, -0.2) is 40.6 Å². The van der Waals surface area contributed by atoms with Gasteiger partial charge in [0.25, 0.3) is 0 Å². The molecule has 2 fully saturated rings. The summed E-state index contributed by atoms with van der Waals surface area (Å²) in [6.07, 6.45) is 0.401. The minimum absolute atomic E-state index is 0.156. The fraction of sp³-hybridized carbons (Fsp3) is 0.280. The molecule has 1 unspecified atom stereocenters. The summed E-state index contributed by atoms with van der Waals surface area (Å²) >= 11 is 0. The number of aromatic nitrogens is 1. The molecule has 2 aliphatic rings. The molecule has 2 heterocycles. The van der Waals surface area contributed by atoms with E-state index in [2.05, 4.69) is 21.7 Å². The minimum atomic E-state index is -0.898. The lowest BCUT2D eigenvalue weighted by Gasteiger charge is -2.35. The maximum absolute atomic E-state index is 13.5. The van der Waals surface area contributed by atoms with Gasteiger partial charge in [-0.3, -0.25) is 9.59 Å². The SMILES string of the molecule is O=C(N[C@H]1C(=O)NCC1O)C1CC(c2cc(-c3ccccc3)[nH]c2-c2ccc(F)cc2)C1. The average Bonchev–Trinajstić information content (AvgIpc) is 3.33. The van der Waals surface area contributed by atoms with Crippen LogP contribution in [0.3, 0.4) is 0 Å². The lowest BCUT2D eigenvalue weighted by atomic mass is 9.70. The smallest absolute Gasteiger partial charge is 0.245 e. The predicted molar refractivity (Wildman–Crippen MR) is 118 cm³/mol. The zero-order valence-electron chi connectivity index (χ0n) is 17.3. The number of aliphatic hydroxyl groups excluding tert-OH is 1. The molecule has 5 rings (SSSR count). The first-order valence-corrected chi connectivity index (χ1v) is 10.8. The molecule has 7 heteroatoms. The maximum Gasteiger partial charge on any atom is 0.245 e. The Hall–Kier alpha value is -3.45. The molecule has 32 heavy (non-hydrogen) atoms. The zero-order chi connectivity index (χ0) is 22.2. The van der Waals surface area contributed by atoms with Crippen molar-refractivity contribution >= 4 is 11.8 Å². The Morgan fingerprint density at radius 1 is 1.03 bits per heavy atom. The summed E-state index contributed by atoms with van der Waals surface area (Å²) in [5.41, 5.74) is 4.94. The molecular weight excluding hydrogens is 409 g/mol. The van der Waals surface area contributed by atoms with Crippen molar-refractivity contribution in [1.29, 1.82) is 0 Å². The lowest BCUT2D eigenvalue weighted by Crippen LogP contribution is -2.49. The lowest BCUT2D eigenvalue weighted by molar-refractivity contribution is -0.133. The van der Waals surface area contributed by atoms with Gasteiger partial charge < -0.3 is 20.7 Å². The summed E-state index contributed by atoms with van der Waals surface area (Å²) in [6, 6.07) is 17.6. The van der Waals surface area contributed by atoms with E-state index in [1.165, 1.54) is 12.1 Å². The first-order chi connectivity index (χ1) is 15.5. The number of H-pyrrole nitrogens is 1. The third kappa shape index (κ3) is 3.80. The number of nitrogens with one attached hydrogen (secondary N) is 3. The van der Waals surface area contributed by atoms with Gasteiger partial charge in [-0.25, -0.2) is 4.39 Å². The molecule has 0 radical (unpaired) electrons. The Balaban J connectivity index is 1.36. The van der Waals surface area contributed by atoms with Gasteiger partial charge in [-0.2, -0.15) is 0 Å². The summed E-state index contributed by atoms with van der Waals surface area (Å²) in [6.45, 7) is 0.156. The Kier molecular flexibility index (Phi) is 5.27. The number of halogens is 1. The van der Waals surface area contributed by atoms with Gasteiger partial charge in [0.15, 0.2) is 0 Å². The van der Waals surface area contributed by atoms with Gasteiger partial charge in [-0.05, 0) is 65.8 Å². The summed E-state index contributed by atoms with van der Waals surface area (Å²) in [7, 11) is 0. The van der Waals surface area contributed by atoms with Gasteiger partial charge >= 0.3 is 0 Å². The number of hydrogen-bond donors (Lipinski definition) is 4. The molecule has 1 aliphatic carbocycles. The first-order valence-electron chi connectivity index (χ1n) is 10.8. The summed E-state index contributed by atoms with van der Waals surface area (Å²) < 4.78 is 13.5. The summed E-state index contributed by atoms with van der Waals surface area (Å²) in [4.78, 5) is 27.9. The second-order valence-electron chi connectivity index (χ2n) is 8.55. The fourth-order valence-corrected chi connectivity index (χ4v) is 4.55. The number of benzene rings is 2. The number of rotatable bonds is 5. The molecule has 6 nitrogen and oxygen atoms in total. The van der Waals surface area contributed by atoms with Crippen LogP contribution in [0.5, 0.6) is 0 Å². The van der Waals surface area contributed by atoms with Gasteiger partial charge in [-0.1, -0.05) is 30.3 Å². The fourth-order valence-electron chi connectivity index (χ4n) is 4.55. The van der Waals surface area contributed by atoms with Gasteiger partial charge in [0, 0.05) is 23.9 Å². The van der Waals surface area contributed by atoms with E-state index in [9.17, 15) is 19.1 Å². The molecule has 0 bridgehead atoms. The van der Waals surface area contributed by atoms with Crippen LogP contribution in [0.1, 0.15) is 24.3 Å².